The standard InChI is InChI=1S/C23H19ClN4O/c1-15-19-3-2-4-20(16-7-10-25-11-8-16)21(19)9-12-27(15)23(29)22-13-18-6-5-17(24)14-28(18)26-22/h2-8,10-11,13-15H,9,12H2,1H3. The Morgan fingerprint density at radius 2 is 1.97 bits per heavy atom. The number of halogens is 1. The Labute approximate surface area is 173 Å². The maximum absolute atomic E-state index is 13.2. The van der Waals surface area contributed by atoms with Gasteiger partial charge in [0.1, 0.15) is 0 Å². The van der Waals surface area contributed by atoms with Gasteiger partial charge in [0.15, 0.2) is 5.69 Å². The third-order valence-corrected chi connectivity index (χ3v) is 5.85. The Morgan fingerprint density at radius 1 is 1.14 bits per heavy atom. The molecule has 0 fully saturated rings. The summed E-state index contributed by atoms with van der Waals surface area (Å²) in [5.74, 6) is -0.0581. The third-order valence-electron chi connectivity index (χ3n) is 5.63. The third kappa shape index (κ3) is 3.08. The van der Waals surface area contributed by atoms with E-state index in [1.165, 1.54) is 16.7 Å². The predicted molar refractivity (Wildman–Crippen MR) is 113 cm³/mol. The first-order chi connectivity index (χ1) is 14.1. The minimum atomic E-state index is -0.0581. The van der Waals surface area contributed by atoms with Gasteiger partial charge in [-0.2, -0.15) is 5.10 Å². The lowest BCUT2D eigenvalue weighted by molar-refractivity contribution is 0.0671. The van der Waals surface area contributed by atoms with Crippen LogP contribution in [-0.2, 0) is 6.42 Å². The highest BCUT2D eigenvalue weighted by atomic mass is 35.5. The molecule has 0 radical (unpaired) electrons. The number of fused-ring (bicyclic) bond motifs is 2. The van der Waals surface area contributed by atoms with Crippen molar-refractivity contribution in [3.63, 3.8) is 0 Å². The van der Waals surface area contributed by atoms with Gasteiger partial charge in [0.05, 0.1) is 16.6 Å². The summed E-state index contributed by atoms with van der Waals surface area (Å²) < 4.78 is 1.65. The first-order valence-electron chi connectivity index (χ1n) is 9.60. The van der Waals surface area contributed by atoms with Gasteiger partial charge in [-0.1, -0.05) is 29.8 Å². The number of hydrogen-bond donors (Lipinski definition) is 0. The van der Waals surface area contributed by atoms with Crippen LogP contribution in [0.2, 0.25) is 5.02 Å². The van der Waals surface area contributed by atoms with Crippen molar-refractivity contribution < 1.29 is 4.79 Å². The van der Waals surface area contributed by atoms with Crippen molar-refractivity contribution in [2.45, 2.75) is 19.4 Å². The van der Waals surface area contributed by atoms with Crippen molar-refractivity contribution in [3.8, 4) is 11.1 Å². The maximum Gasteiger partial charge on any atom is 0.274 e. The van der Waals surface area contributed by atoms with E-state index in [0.717, 1.165) is 17.5 Å². The number of carbonyl (C=O) groups excluding carboxylic acids is 1. The monoisotopic (exact) mass is 402 g/mol. The zero-order valence-corrected chi connectivity index (χ0v) is 16.7. The minimum Gasteiger partial charge on any atom is -0.330 e. The number of hydrogen-bond acceptors (Lipinski definition) is 3. The normalized spacial score (nSPS) is 16.1. The summed E-state index contributed by atoms with van der Waals surface area (Å²) in [5, 5.41) is 5.02. The Kier molecular flexibility index (Phi) is 4.32. The van der Waals surface area contributed by atoms with Gasteiger partial charge < -0.3 is 4.90 Å². The fraction of sp³-hybridized carbons (Fsp3) is 0.174. The lowest BCUT2D eigenvalue weighted by atomic mass is 9.87. The molecule has 1 aromatic carbocycles. The molecule has 1 atom stereocenters. The topological polar surface area (TPSA) is 50.5 Å². The average molecular weight is 403 g/mol. The largest absolute Gasteiger partial charge is 0.330 e. The molecule has 0 N–H and O–H groups in total. The fourth-order valence-electron chi connectivity index (χ4n) is 4.16. The molecule has 144 valence electrons. The summed E-state index contributed by atoms with van der Waals surface area (Å²) in [5.41, 5.74) is 6.14. The van der Waals surface area contributed by atoms with E-state index in [2.05, 4.69) is 35.2 Å². The summed E-state index contributed by atoms with van der Waals surface area (Å²) >= 11 is 6.04. The average Bonchev–Trinajstić information content (AvgIpc) is 3.17. The van der Waals surface area contributed by atoms with Gasteiger partial charge >= 0.3 is 0 Å². The van der Waals surface area contributed by atoms with Crippen LogP contribution in [0, 0.1) is 0 Å². The van der Waals surface area contributed by atoms with Gasteiger partial charge in [0, 0.05) is 25.1 Å². The predicted octanol–water partition coefficient (Wildman–Crippen LogP) is 4.81. The quantitative estimate of drug-likeness (QED) is 0.483. The van der Waals surface area contributed by atoms with E-state index in [1.807, 2.05) is 41.6 Å². The van der Waals surface area contributed by atoms with Crippen LogP contribution in [0.3, 0.4) is 0 Å². The number of carbonyl (C=O) groups is 1. The lowest BCUT2D eigenvalue weighted by Gasteiger charge is -2.36. The molecule has 1 unspecified atom stereocenters. The number of benzene rings is 1. The summed E-state index contributed by atoms with van der Waals surface area (Å²) in [4.78, 5) is 19.3. The molecule has 0 saturated heterocycles. The number of aromatic nitrogens is 3. The van der Waals surface area contributed by atoms with Crippen LogP contribution in [0.25, 0.3) is 16.6 Å². The van der Waals surface area contributed by atoms with E-state index in [0.29, 0.717) is 17.3 Å². The van der Waals surface area contributed by atoms with Crippen LogP contribution in [-0.4, -0.2) is 31.9 Å². The second kappa shape index (κ2) is 7.01. The number of nitrogens with zero attached hydrogens (tertiary/aromatic N) is 4. The summed E-state index contributed by atoms with van der Waals surface area (Å²) in [6, 6.07) is 15.8. The molecule has 4 heterocycles. The zero-order chi connectivity index (χ0) is 20.0. The molecule has 0 spiro atoms. The Balaban J connectivity index is 1.49. The van der Waals surface area contributed by atoms with Crippen molar-refractivity contribution in [3.05, 3.63) is 89.0 Å². The number of rotatable bonds is 2. The molecule has 1 aliphatic heterocycles. The highest BCUT2D eigenvalue weighted by Crippen LogP contribution is 2.36. The molecule has 5 nitrogen and oxygen atoms in total. The van der Waals surface area contributed by atoms with Gasteiger partial charge in [-0.05, 0) is 65.9 Å². The van der Waals surface area contributed by atoms with Crippen LogP contribution in [0.5, 0.6) is 0 Å². The SMILES string of the molecule is CC1c2cccc(-c3ccncc3)c2CCN1C(=O)c1cc2ccc(Cl)cn2n1. The minimum absolute atomic E-state index is 0.0264. The van der Waals surface area contributed by atoms with Crippen molar-refractivity contribution in [2.24, 2.45) is 0 Å². The molecular weight excluding hydrogens is 384 g/mol. The van der Waals surface area contributed by atoms with Crippen LogP contribution < -0.4 is 0 Å². The van der Waals surface area contributed by atoms with Gasteiger partial charge in [0.25, 0.3) is 5.91 Å². The van der Waals surface area contributed by atoms with Crippen LogP contribution in [0.1, 0.15) is 34.6 Å². The molecule has 3 aromatic heterocycles. The molecule has 0 saturated carbocycles. The van der Waals surface area contributed by atoms with Crippen LogP contribution in [0.4, 0.5) is 0 Å². The Morgan fingerprint density at radius 3 is 2.79 bits per heavy atom. The van der Waals surface area contributed by atoms with Crippen LogP contribution >= 0.6 is 11.6 Å². The van der Waals surface area contributed by atoms with E-state index in [9.17, 15) is 4.79 Å². The lowest BCUT2D eigenvalue weighted by Crippen LogP contribution is -2.39. The number of pyridine rings is 2. The van der Waals surface area contributed by atoms with E-state index in [4.69, 9.17) is 11.6 Å². The van der Waals surface area contributed by atoms with Crippen LogP contribution in [0.15, 0.2) is 67.1 Å². The molecule has 0 aliphatic carbocycles. The van der Waals surface area contributed by atoms with E-state index in [1.54, 1.807) is 16.8 Å². The smallest absolute Gasteiger partial charge is 0.274 e. The van der Waals surface area contributed by atoms with Crippen molar-refractivity contribution in [2.75, 3.05) is 6.54 Å². The Bertz CT molecular complexity index is 1220. The number of amides is 1. The molecule has 1 aliphatic rings. The molecule has 1 amide bonds. The van der Waals surface area contributed by atoms with Gasteiger partial charge in [-0.3, -0.25) is 9.78 Å². The summed E-state index contributed by atoms with van der Waals surface area (Å²) in [7, 11) is 0. The first kappa shape index (κ1) is 17.9. The second-order valence-corrected chi connectivity index (χ2v) is 7.72. The first-order valence-corrected chi connectivity index (χ1v) is 9.98. The molecule has 5 rings (SSSR count). The summed E-state index contributed by atoms with van der Waals surface area (Å²) in [6.45, 7) is 2.74. The fourth-order valence-corrected chi connectivity index (χ4v) is 4.32. The van der Waals surface area contributed by atoms with Crippen molar-refractivity contribution in [1.82, 2.24) is 19.5 Å². The second-order valence-electron chi connectivity index (χ2n) is 7.28. The molecule has 4 aromatic rings. The van der Waals surface area contributed by atoms with Gasteiger partial charge in [-0.15, -0.1) is 0 Å². The zero-order valence-electron chi connectivity index (χ0n) is 15.9. The maximum atomic E-state index is 13.2. The van der Waals surface area contributed by atoms with Crippen molar-refractivity contribution >= 4 is 23.0 Å². The summed E-state index contributed by atoms with van der Waals surface area (Å²) in [6.07, 6.45) is 6.14. The highest BCUT2D eigenvalue weighted by molar-refractivity contribution is 6.30. The highest BCUT2D eigenvalue weighted by Gasteiger charge is 2.30. The molecule has 0 bridgehead atoms. The Hall–Kier alpha value is -3.18. The molecule has 29 heavy (non-hydrogen) atoms. The van der Waals surface area contributed by atoms with E-state index >= 15 is 0 Å². The van der Waals surface area contributed by atoms with Gasteiger partial charge in [0.2, 0.25) is 0 Å². The van der Waals surface area contributed by atoms with Gasteiger partial charge in [-0.25, -0.2) is 4.52 Å². The molecular formula is C23H19ClN4O. The van der Waals surface area contributed by atoms with E-state index in [-0.39, 0.29) is 11.9 Å². The van der Waals surface area contributed by atoms with Crippen molar-refractivity contribution in [1.29, 1.82) is 0 Å². The molecule has 6 heteroatoms. The van der Waals surface area contributed by atoms with E-state index < -0.39 is 0 Å².